The molecule has 0 N–H and O–H groups in total. The van der Waals surface area contributed by atoms with Gasteiger partial charge in [-0.25, -0.2) is 0 Å². The molecular formula is C10H18O. The average Bonchev–Trinajstić information content (AvgIpc) is 1.87. The molecule has 0 saturated heterocycles. The SMILES string of the molecule is C=C(C)/C=C/CC(C)(C)OC. The van der Waals surface area contributed by atoms with Crippen molar-refractivity contribution in [2.45, 2.75) is 32.8 Å². The maximum Gasteiger partial charge on any atom is 0.0657 e. The van der Waals surface area contributed by atoms with Gasteiger partial charge in [0.25, 0.3) is 0 Å². The first-order valence-corrected chi connectivity index (χ1v) is 3.85. The van der Waals surface area contributed by atoms with Gasteiger partial charge in [0.05, 0.1) is 5.60 Å². The Hall–Kier alpha value is -0.560. The van der Waals surface area contributed by atoms with Crippen molar-refractivity contribution < 1.29 is 4.74 Å². The van der Waals surface area contributed by atoms with Crippen molar-refractivity contribution in [2.75, 3.05) is 7.11 Å². The summed E-state index contributed by atoms with van der Waals surface area (Å²) in [6, 6.07) is 0. The summed E-state index contributed by atoms with van der Waals surface area (Å²) < 4.78 is 5.24. The highest BCUT2D eigenvalue weighted by atomic mass is 16.5. The molecule has 64 valence electrons. The number of hydrogen-bond donors (Lipinski definition) is 0. The fourth-order valence-corrected chi connectivity index (χ4v) is 0.627. The van der Waals surface area contributed by atoms with Crippen molar-refractivity contribution in [3.8, 4) is 0 Å². The second kappa shape index (κ2) is 4.35. The minimum atomic E-state index is -0.0497. The minimum absolute atomic E-state index is 0.0497. The van der Waals surface area contributed by atoms with E-state index in [1.165, 1.54) is 0 Å². The third-order valence-corrected chi connectivity index (χ3v) is 1.56. The van der Waals surface area contributed by atoms with E-state index in [1.807, 2.05) is 13.0 Å². The van der Waals surface area contributed by atoms with Gasteiger partial charge in [0.2, 0.25) is 0 Å². The van der Waals surface area contributed by atoms with Crippen molar-refractivity contribution in [2.24, 2.45) is 0 Å². The predicted octanol–water partition coefficient (Wildman–Crippen LogP) is 2.93. The Kier molecular flexibility index (Phi) is 4.12. The van der Waals surface area contributed by atoms with Gasteiger partial charge >= 0.3 is 0 Å². The molecule has 0 aliphatic rings. The smallest absolute Gasteiger partial charge is 0.0657 e. The van der Waals surface area contributed by atoms with Gasteiger partial charge in [-0.05, 0) is 27.2 Å². The Morgan fingerprint density at radius 1 is 1.55 bits per heavy atom. The van der Waals surface area contributed by atoms with Crippen LogP contribution in [0.15, 0.2) is 24.3 Å². The number of methoxy groups -OCH3 is 1. The maximum atomic E-state index is 5.24. The van der Waals surface area contributed by atoms with Crippen LogP contribution in [0.5, 0.6) is 0 Å². The van der Waals surface area contributed by atoms with Crippen LogP contribution in [0.25, 0.3) is 0 Å². The summed E-state index contributed by atoms with van der Waals surface area (Å²) in [5.41, 5.74) is 1.03. The lowest BCUT2D eigenvalue weighted by Gasteiger charge is -2.20. The highest BCUT2D eigenvalue weighted by Gasteiger charge is 2.12. The number of ether oxygens (including phenoxy) is 1. The molecule has 0 aromatic carbocycles. The van der Waals surface area contributed by atoms with Crippen molar-refractivity contribution in [3.63, 3.8) is 0 Å². The summed E-state index contributed by atoms with van der Waals surface area (Å²) >= 11 is 0. The van der Waals surface area contributed by atoms with Crippen molar-refractivity contribution >= 4 is 0 Å². The Labute approximate surface area is 69.8 Å². The molecule has 0 heterocycles. The molecule has 1 nitrogen and oxygen atoms in total. The molecule has 11 heavy (non-hydrogen) atoms. The fraction of sp³-hybridized carbons (Fsp3) is 0.600. The van der Waals surface area contributed by atoms with Crippen LogP contribution < -0.4 is 0 Å². The van der Waals surface area contributed by atoms with Crippen molar-refractivity contribution in [1.29, 1.82) is 0 Å². The van der Waals surface area contributed by atoms with E-state index >= 15 is 0 Å². The quantitative estimate of drug-likeness (QED) is 0.566. The number of allylic oxidation sites excluding steroid dienone is 2. The Morgan fingerprint density at radius 3 is 2.45 bits per heavy atom. The van der Waals surface area contributed by atoms with Crippen LogP contribution in [0, 0.1) is 0 Å². The topological polar surface area (TPSA) is 9.23 Å². The Bertz CT molecular complexity index is 154. The zero-order valence-corrected chi connectivity index (χ0v) is 7.98. The lowest BCUT2D eigenvalue weighted by molar-refractivity contribution is 0.0255. The molecule has 0 aromatic rings. The third kappa shape index (κ3) is 5.86. The highest BCUT2D eigenvalue weighted by molar-refractivity contribution is 5.11. The van der Waals surface area contributed by atoms with E-state index in [0.717, 1.165) is 12.0 Å². The fourth-order valence-electron chi connectivity index (χ4n) is 0.627. The van der Waals surface area contributed by atoms with Crippen molar-refractivity contribution in [3.05, 3.63) is 24.3 Å². The molecule has 0 atom stereocenters. The normalized spacial score (nSPS) is 12.4. The standard InChI is InChI=1S/C10H18O/c1-9(2)7-6-8-10(3,4)11-5/h6-7H,1,8H2,2-5H3/b7-6+. The molecule has 0 bridgehead atoms. The van der Waals surface area contributed by atoms with E-state index < -0.39 is 0 Å². The van der Waals surface area contributed by atoms with E-state index in [1.54, 1.807) is 7.11 Å². The molecule has 0 aromatic heterocycles. The summed E-state index contributed by atoms with van der Waals surface area (Å²) in [4.78, 5) is 0. The predicted molar refractivity (Wildman–Crippen MR) is 49.7 cm³/mol. The van der Waals surface area contributed by atoms with E-state index in [9.17, 15) is 0 Å². The van der Waals surface area contributed by atoms with Gasteiger partial charge in [-0.2, -0.15) is 0 Å². The number of rotatable bonds is 4. The van der Waals surface area contributed by atoms with E-state index in [0.29, 0.717) is 0 Å². The van der Waals surface area contributed by atoms with E-state index in [-0.39, 0.29) is 5.60 Å². The van der Waals surface area contributed by atoms with Crippen LogP contribution in [-0.2, 0) is 4.74 Å². The molecule has 0 rings (SSSR count). The van der Waals surface area contributed by atoms with Crippen LogP contribution >= 0.6 is 0 Å². The van der Waals surface area contributed by atoms with Crippen LogP contribution in [0.2, 0.25) is 0 Å². The van der Waals surface area contributed by atoms with Gasteiger partial charge in [0, 0.05) is 7.11 Å². The van der Waals surface area contributed by atoms with Crippen LogP contribution in [0.4, 0.5) is 0 Å². The Morgan fingerprint density at radius 2 is 2.09 bits per heavy atom. The van der Waals surface area contributed by atoms with E-state index in [2.05, 4.69) is 26.5 Å². The van der Waals surface area contributed by atoms with Gasteiger partial charge in [-0.3, -0.25) is 0 Å². The van der Waals surface area contributed by atoms with Crippen LogP contribution in [0.1, 0.15) is 27.2 Å². The molecule has 0 fully saturated rings. The van der Waals surface area contributed by atoms with Gasteiger partial charge in [0.15, 0.2) is 0 Å². The molecule has 0 amide bonds. The summed E-state index contributed by atoms with van der Waals surface area (Å²) in [5, 5.41) is 0. The minimum Gasteiger partial charge on any atom is -0.378 e. The molecule has 0 radical (unpaired) electrons. The summed E-state index contributed by atoms with van der Waals surface area (Å²) in [5.74, 6) is 0. The highest BCUT2D eigenvalue weighted by Crippen LogP contribution is 2.13. The zero-order chi connectivity index (χ0) is 8.91. The summed E-state index contributed by atoms with van der Waals surface area (Å²) in [7, 11) is 1.73. The molecule has 0 unspecified atom stereocenters. The lowest BCUT2D eigenvalue weighted by Crippen LogP contribution is -2.20. The summed E-state index contributed by atoms with van der Waals surface area (Å²) in [6.07, 6.45) is 5.03. The second-order valence-electron chi connectivity index (χ2n) is 3.42. The van der Waals surface area contributed by atoms with Crippen LogP contribution in [0.3, 0.4) is 0 Å². The lowest BCUT2D eigenvalue weighted by atomic mass is 10.0. The van der Waals surface area contributed by atoms with E-state index in [4.69, 9.17) is 4.74 Å². The van der Waals surface area contributed by atoms with Gasteiger partial charge in [-0.1, -0.05) is 24.3 Å². The zero-order valence-electron chi connectivity index (χ0n) is 7.98. The first-order valence-electron chi connectivity index (χ1n) is 3.85. The largest absolute Gasteiger partial charge is 0.378 e. The van der Waals surface area contributed by atoms with Gasteiger partial charge in [-0.15, -0.1) is 0 Å². The molecule has 0 spiro atoms. The van der Waals surface area contributed by atoms with Crippen molar-refractivity contribution in [1.82, 2.24) is 0 Å². The number of hydrogen-bond acceptors (Lipinski definition) is 1. The average molecular weight is 154 g/mol. The van der Waals surface area contributed by atoms with Gasteiger partial charge in [0.1, 0.15) is 0 Å². The molecule has 1 heteroatoms. The maximum absolute atomic E-state index is 5.24. The third-order valence-electron chi connectivity index (χ3n) is 1.56. The Balaban J connectivity index is 3.78. The van der Waals surface area contributed by atoms with Crippen LogP contribution in [-0.4, -0.2) is 12.7 Å². The summed E-state index contributed by atoms with van der Waals surface area (Å²) in [6.45, 7) is 9.89. The first kappa shape index (κ1) is 10.4. The second-order valence-corrected chi connectivity index (χ2v) is 3.42. The van der Waals surface area contributed by atoms with Gasteiger partial charge < -0.3 is 4.74 Å². The molecule has 0 aliphatic carbocycles. The molecule has 0 aliphatic heterocycles. The molecule has 0 saturated carbocycles. The first-order chi connectivity index (χ1) is 4.98. The molecular weight excluding hydrogens is 136 g/mol. The monoisotopic (exact) mass is 154 g/mol.